The van der Waals surface area contributed by atoms with Crippen LogP contribution in [0.3, 0.4) is 0 Å². The summed E-state index contributed by atoms with van der Waals surface area (Å²) < 4.78 is 61.7. The third kappa shape index (κ3) is 2.67. The molecule has 0 saturated carbocycles. The minimum Gasteiger partial charge on any atom is -0.379 e. The molecule has 1 atom stereocenters. The van der Waals surface area contributed by atoms with Crippen LogP contribution in [0.5, 0.6) is 0 Å². The first-order valence-corrected chi connectivity index (χ1v) is 4.02. The highest BCUT2D eigenvalue weighted by Crippen LogP contribution is 2.37. The van der Waals surface area contributed by atoms with Gasteiger partial charge in [0, 0.05) is 0 Å². The third-order valence-electron chi connectivity index (χ3n) is 1.87. The van der Waals surface area contributed by atoms with Crippen LogP contribution in [0.4, 0.5) is 27.6 Å². The van der Waals surface area contributed by atoms with Crippen LogP contribution in [0.2, 0.25) is 0 Å². The van der Waals surface area contributed by atoms with Gasteiger partial charge in [0.2, 0.25) is 0 Å². The molecule has 9 heteroatoms. The summed E-state index contributed by atoms with van der Waals surface area (Å²) in [5.41, 5.74) is -2.69. The van der Waals surface area contributed by atoms with Gasteiger partial charge >= 0.3 is 6.18 Å². The molecule has 1 rings (SSSR count). The van der Waals surface area contributed by atoms with Gasteiger partial charge in [-0.25, -0.2) is 8.78 Å². The maximum atomic E-state index is 12.7. The Bertz CT molecular complexity index is 459. The lowest BCUT2D eigenvalue weighted by Crippen LogP contribution is -2.21. The number of halogens is 5. The van der Waals surface area contributed by atoms with Crippen molar-refractivity contribution in [1.29, 1.82) is 0 Å². The summed E-state index contributed by atoms with van der Waals surface area (Å²) in [5.74, 6) is -3.39. The number of alkyl halides is 3. The van der Waals surface area contributed by atoms with Crippen molar-refractivity contribution in [3.8, 4) is 0 Å². The van der Waals surface area contributed by atoms with Crippen molar-refractivity contribution in [3.63, 3.8) is 0 Å². The molecular formula is C8H4F5NO3. The molecule has 0 aromatic heterocycles. The lowest BCUT2D eigenvalue weighted by molar-refractivity contribution is -0.387. The van der Waals surface area contributed by atoms with Crippen LogP contribution in [0.15, 0.2) is 12.1 Å². The van der Waals surface area contributed by atoms with Crippen molar-refractivity contribution >= 4 is 5.69 Å². The molecule has 0 saturated heterocycles. The van der Waals surface area contributed by atoms with E-state index in [0.29, 0.717) is 0 Å². The van der Waals surface area contributed by atoms with E-state index in [2.05, 4.69) is 0 Å². The van der Waals surface area contributed by atoms with Crippen molar-refractivity contribution in [3.05, 3.63) is 39.4 Å². The minimum absolute atomic E-state index is 0.0143. The maximum Gasteiger partial charge on any atom is 0.418 e. The average molecular weight is 257 g/mol. The van der Waals surface area contributed by atoms with E-state index in [1.54, 1.807) is 0 Å². The monoisotopic (exact) mass is 257 g/mol. The van der Waals surface area contributed by atoms with Gasteiger partial charge in [0.05, 0.1) is 16.6 Å². The van der Waals surface area contributed by atoms with Crippen molar-refractivity contribution in [2.24, 2.45) is 0 Å². The van der Waals surface area contributed by atoms with E-state index < -0.39 is 40.1 Å². The molecule has 0 radical (unpaired) electrons. The molecule has 1 N–H and O–H groups in total. The van der Waals surface area contributed by atoms with Gasteiger partial charge < -0.3 is 5.11 Å². The first-order chi connectivity index (χ1) is 7.64. The van der Waals surface area contributed by atoms with E-state index >= 15 is 0 Å². The molecule has 17 heavy (non-hydrogen) atoms. The van der Waals surface area contributed by atoms with Crippen molar-refractivity contribution < 1.29 is 32.0 Å². The summed E-state index contributed by atoms with van der Waals surface area (Å²) in [6.07, 6.45) is -8.47. The van der Waals surface area contributed by atoms with E-state index in [-0.39, 0.29) is 12.1 Å². The molecule has 0 heterocycles. The fourth-order valence-electron chi connectivity index (χ4n) is 1.11. The molecule has 0 spiro atoms. The van der Waals surface area contributed by atoms with Gasteiger partial charge in [-0.1, -0.05) is 0 Å². The molecule has 0 aliphatic carbocycles. The third-order valence-corrected chi connectivity index (χ3v) is 1.87. The molecule has 0 bridgehead atoms. The van der Waals surface area contributed by atoms with Gasteiger partial charge in [0.25, 0.3) is 5.69 Å². The highest BCUT2D eigenvalue weighted by atomic mass is 19.4. The summed E-state index contributed by atoms with van der Waals surface area (Å²) in [5, 5.41) is 19.1. The number of hydrogen-bond acceptors (Lipinski definition) is 3. The number of benzene rings is 1. The zero-order valence-corrected chi connectivity index (χ0v) is 7.83. The SMILES string of the molecule is O=[N+]([O-])c1cc(F)c(F)cc1[C@@H](O)C(F)(F)F. The number of nitrogens with zero attached hydrogens (tertiary/aromatic N) is 1. The number of hydrogen-bond donors (Lipinski definition) is 1. The maximum absolute atomic E-state index is 12.7. The summed E-state index contributed by atoms with van der Waals surface area (Å²) >= 11 is 0. The summed E-state index contributed by atoms with van der Waals surface area (Å²) in [6.45, 7) is 0. The van der Waals surface area contributed by atoms with E-state index in [1.165, 1.54) is 0 Å². The number of nitro benzene ring substituents is 1. The molecule has 1 aromatic carbocycles. The Morgan fingerprint density at radius 2 is 1.71 bits per heavy atom. The lowest BCUT2D eigenvalue weighted by atomic mass is 10.1. The smallest absolute Gasteiger partial charge is 0.379 e. The Morgan fingerprint density at radius 1 is 1.24 bits per heavy atom. The van der Waals surface area contributed by atoms with Crippen LogP contribution in [0, 0.1) is 21.7 Å². The van der Waals surface area contributed by atoms with Gasteiger partial charge in [-0.3, -0.25) is 10.1 Å². The predicted octanol–water partition coefficient (Wildman–Crippen LogP) is 2.47. The van der Waals surface area contributed by atoms with Gasteiger partial charge in [-0.15, -0.1) is 0 Å². The van der Waals surface area contributed by atoms with Gasteiger partial charge in [0.1, 0.15) is 0 Å². The molecule has 0 aliphatic heterocycles. The molecule has 94 valence electrons. The fourth-order valence-corrected chi connectivity index (χ4v) is 1.11. The Balaban J connectivity index is 3.41. The minimum atomic E-state index is -5.21. The number of aliphatic hydroxyl groups excluding tert-OH is 1. The average Bonchev–Trinajstić information content (AvgIpc) is 2.18. The van der Waals surface area contributed by atoms with E-state index in [4.69, 9.17) is 5.11 Å². The predicted molar refractivity (Wildman–Crippen MR) is 44.0 cm³/mol. The van der Waals surface area contributed by atoms with Crippen molar-refractivity contribution in [2.75, 3.05) is 0 Å². The van der Waals surface area contributed by atoms with Crippen LogP contribution in [0.1, 0.15) is 11.7 Å². The van der Waals surface area contributed by atoms with Crippen LogP contribution < -0.4 is 0 Å². The quantitative estimate of drug-likeness (QED) is 0.503. The van der Waals surface area contributed by atoms with Crippen LogP contribution >= 0.6 is 0 Å². The zero-order valence-electron chi connectivity index (χ0n) is 7.83. The largest absolute Gasteiger partial charge is 0.418 e. The zero-order chi connectivity index (χ0) is 13.4. The standard InChI is InChI=1S/C8H4F5NO3/c9-4-1-3(7(15)8(11,12)13)6(14(16)17)2-5(4)10/h1-2,7,15H/t7-/m1/s1. The molecule has 0 amide bonds. The van der Waals surface area contributed by atoms with E-state index in [9.17, 15) is 32.1 Å². The van der Waals surface area contributed by atoms with Crippen LogP contribution in [-0.4, -0.2) is 16.2 Å². The summed E-state index contributed by atoms with van der Waals surface area (Å²) in [4.78, 5) is 9.01. The first kappa shape index (κ1) is 13.3. The summed E-state index contributed by atoms with van der Waals surface area (Å²) in [6, 6.07) is -0.0642. The molecule has 0 fully saturated rings. The normalized spacial score (nSPS) is 13.5. The Morgan fingerprint density at radius 3 is 2.12 bits per heavy atom. The van der Waals surface area contributed by atoms with Crippen LogP contribution in [0.25, 0.3) is 0 Å². The Hall–Kier alpha value is -1.77. The number of aliphatic hydroxyl groups is 1. The Labute approximate surface area is 90.4 Å². The molecule has 0 aliphatic rings. The van der Waals surface area contributed by atoms with E-state index in [1.807, 2.05) is 0 Å². The molecule has 0 unspecified atom stereocenters. The molecular weight excluding hydrogens is 253 g/mol. The second-order valence-electron chi connectivity index (χ2n) is 3.03. The summed E-state index contributed by atoms with van der Waals surface area (Å²) in [7, 11) is 0. The van der Waals surface area contributed by atoms with Gasteiger partial charge in [0.15, 0.2) is 17.7 Å². The van der Waals surface area contributed by atoms with Gasteiger partial charge in [-0.2, -0.15) is 13.2 Å². The molecule has 1 aromatic rings. The first-order valence-electron chi connectivity index (χ1n) is 4.02. The number of nitro groups is 1. The van der Waals surface area contributed by atoms with Crippen molar-refractivity contribution in [1.82, 2.24) is 0 Å². The fraction of sp³-hybridized carbons (Fsp3) is 0.250. The second-order valence-corrected chi connectivity index (χ2v) is 3.03. The number of rotatable bonds is 2. The van der Waals surface area contributed by atoms with E-state index in [0.717, 1.165) is 0 Å². The van der Waals surface area contributed by atoms with Gasteiger partial charge in [-0.05, 0) is 6.07 Å². The lowest BCUT2D eigenvalue weighted by Gasteiger charge is -2.14. The van der Waals surface area contributed by atoms with Crippen LogP contribution in [-0.2, 0) is 0 Å². The van der Waals surface area contributed by atoms with Crippen molar-refractivity contribution in [2.45, 2.75) is 12.3 Å². The Kier molecular flexibility index (Phi) is 3.32. The second kappa shape index (κ2) is 4.24. The molecule has 4 nitrogen and oxygen atoms in total. The topological polar surface area (TPSA) is 63.4 Å². The highest BCUT2D eigenvalue weighted by molar-refractivity contribution is 5.43. The highest BCUT2D eigenvalue weighted by Gasteiger charge is 2.43.